The fourth-order valence-electron chi connectivity index (χ4n) is 1.67. The Morgan fingerprint density at radius 2 is 1.57 bits per heavy atom. The number of para-hydroxylation sites is 1. The molecule has 2 rings (SSSR count). The van der Waals surface area contributed by atoms with E-state index in [1.165, 1.54) is 24.3 Å². The third-order valence-corrected chi connectivity index (χ3v) is 2.74. The maximum atomic E-state index is 13.3. The van der Waals surface area contributed by atoms with Gasteiger partial charge in [-0.25, -0.2) is 18.0 Å². The van der Waals surface area contributed by atoms with Gasteiger partial charge in [0.2, 0.25) is 5.91 Å². The molecule has 0 heterocycles. The molecule has 0 spiro atoms. The second-order valence-corrected chi connectivity index (χ2v) is 4.46. The van der Waals surface area contributed by atoms with Crippen molar-refractivity contribution >= 4 is 23.3 Å². The lowest BCUT2D eigenvalue weighted by Crippen LogP contribution is -2.36. The first-order chi connectivity index (χ1) is 11.0. The molecule has 0 saturated carbocycles. The summed E-state index contributed by atoms with van der Waals surface area (Å²) in [6, 6.07) is 7.31. The lowest BCUT2D eigenvalue weighted by Gasteiger charge is -2.09. The molecule has 3 N–H and O–H groups in total. The second kappa shape index (κ2) is 7.30. The normalized spacial score (nSPS) is 10.0. The predicted molar refractivity (Wildman–Crippen MR) is 78.4 cm³/mol. The van der Waals surface area contributed by atoms with Crippen LogP contribution in [0.3, 0.4) is 0 Å². The van der Waals surface area contributed by atoms with Crippen molar-refractivity contribution < 1.29 is 22.8 Å². The molecule has 0 fully saturated rings. The van der Waals surface area contributed by atoms with Crippen molar-refractivity contribution in [3.05, 3.63) is 59.9 Å². The van der Waals surface area contributed by atoms with Gasteiger partial charge >= 0.3 is 6.03 Å². The SMILES string of the molecule is O=C(CNC(=O)Nc1ccc(F)cc1F)Nc1ccccc1F. The van der Waals surface area contributed by atoms with Crippen LogP contribution >= 0.6 is 0 Å². The van der Waals surface area contributed by atoms with Gasteiger partial charge in [0.15, 0.2) is 0 Å². The van der Waals surface area contributed by atoms with Gasteiger partial charge in [-0.1, -0.05) is 12.1 Å². The number of anilines is 2. The van der Waals surface area contributed by atoms with Gasteiger partial charge in [0, 0.05) is 6.07 Å². The molecule has 0 unspecified atom stereocenters. The van der Waals surface area contributed by atoms with E-state index in [-0.39, 0.29) is 11.4 Å². The van der Waals surface area contributed by atoms with Crippen LogP contribution in [0.5, 0.6) is 0 Å². The van der Waals surface area contributed by atoms with Crippen LogP contribution in [0.25, 0.3) is 0 Å². The van der Waals surface area contributed by atoms with E-state index in [1.807, 2.05) is 0 Å². The number of hydrogen-bond acceptors (Lipinski definition) is 2. The van der Waals surface area contributed by atoms with E-state index in [1.54, 1.807) is 0 Å². The smallest absolute Gasteiger partial charge is 0.319 e. The van der Waals surface area contributed by atoms with E-state index in [2.05, 4.69) is 16.0 Å². The molecule has 2 aromatic rings. The van der Waals surface area contributed by atoms with Gasteiger partial charge in [-0.3, -0.25) is 4.79 Å². The van der Waals surface area contributed by atoms with Crippen molar-refractivity contribution in [3.8, 4) is 0 Å². The average Bonchev–Trinajstić information content (AvgIpc) is 2.50. The van der Waals surface area contributed by atoms with Gasteiger partial charge in [-0.2, -0.15) is 0 Å². The van der Waals surface area contributed by atoms with E-state index in [0.29, 0.717) is 6.07 Å². The van der Waals surface area contributed by atoms with Crippen LogP contribution in [-0.4, -0.2) is 18.5 Å². The standard InChI is InChI=1S/C15H12F3N3O2/c16-9-5-6-13(11(18)7-9)21-15(23)19-8-14(22)20-12-4-2-1-3-10(12)17/h1-7H,8H2,(H,20,22)(H2,19,21,23). The molecule has 3 amide bonds. The zero-order valence-corrected chi connectivity index (χ0v) is 11.7. The highest BCUT2D eigenvalue weighted by Crippen LogP contribution is 2.14. The lowest BCUT2D eigenvalue weighted by atomic mass is 10.3. The predicted octanol–water partition coefficient (Wildman–Crippen LogP) is 2.86. The molecule has 0 atom stereocenters. The third kappa shape index (κ3) is 4.73. The molecule has 0 aliphatic heterocycles. The summed E-state index contributed by atoms with van der Waals surface area (Å²) in [7, 11) is 0. The molecule has 0 aliphatic rings. The average molecular weight is 323 g/mol. The molecule has 0 radical (unpaired) electrons. The Morgan fingerprint density at radius 3 is 2.26 bits per heavy atom. The number of carbonyl (C=O) groups excluding carboxylic acids is 2. The molecular weight excluding hydrogens is 311 g/mol. The van der Waals surface area contributed by atoms with Crippen LogP contribution in [0, 0.1) is 17.5 Å². The molecule has 5 nitrogen and oxygen atoms in total. The Hall–Kier alpha value is -3.03. The zero-order chi connectivity index (χ0) is 16.8. The van der Waals surface area contributed by atoms with Crippen LogP contribution in [0.2, 0.25) is 0 Å². The van der Waals surface area contributed by atoms with Gasteiger partial charge in [0.25, 0.3) is 0 Å². The van der Waals surface area contributed by atoms with Crippen molar-refractivity contribution in [1.82, 2.24) is 5.32 Å². The van der Waals surface area contributed by atoms with Crippen LogP contribution < -0.4 is 16.0 Å². The fraction of sp³-hybridized carbons (Fsp3) is 0.0667. The maximum Gasteiger partial charge on any atom is 0.319 e. The summed E-state index contributed by atoms with van der Waals surface area (Å²) < 4.78 is 39.4. The number of hydrogen-bond donors (Lipinski definition) is 3. The van der Waals surface area contributed by atoms with E-state index >= 15 is 0 Å². The second-order valence-electron chi connectivity index (χ2n) is 4.46. The molecule has 0 bridgehead atoms. The van der Waals surface area contributed by atoms with E-state index in [9.17, 15) is 22.8 Å². The quantitative estimate of drug-likeness (QED) is 0.810. The maximum absolute atomic E-state index is 13.3. The van der Waals surface area contributed by atoms with Gasteiger partial charge in [0.1, 0.15) is 17.5 Å². The lowest BCUT2D eigenvalue weighted by molar-refractivity contribution is -0.115. The summed E-state index contributed by atoms with van der Waals surface area (Å²) in [5, 5.41) is 6.56. The van der Waals surface area contributed by atoms with Gasteiger partial charge in [0.05, 0.1) is 17.9 Å². The van der Waals surface area contributed by atoms with E-state index < -0.39 is 35.9 Å². The number of benzene rings is 2. The largest absolute Gasteiger partial charge is 0.329 e. The van der Waals surface area contributed by atoms with Crippen LogP contribution in [0.1, 0.15) is 0 Å². The first-order valence-electron chi connectivity index (χ1n) is 6.50. The topological polar surface area (TPSA) is 70.2 Å². The summed E-state index contributed by atoms with van der Waals surface area (Å²) in [5.74, 6) is -3.00. The highest BCUT2D eigenvalue weighted by molar-refractivity contribution is 5.97. The van der Waals surface area contributed by atoms with Crippen LogP contribution in [0.15, 0.2) is 42.5 Å². The van der Waals surface area contributed by atoms with Crippen LogP contribution in [-0.2, 0) is 4.79 Å². The number of urea groups is 1. The first kappa shape index (κ1) is 16.3. The minimum absolute atomic E-state index is 0.0238. The highest BCUT2D eigenvalue weighted by atomic mass is 19.1. The number of carbonyl (C=O) groups is 2. The molecule has 2 aromatic carbocycles. The van der Waals surface area contributed by atoms with Crippen molar-refractivity contribution in [2.24, 2.45) is 0 Å². The summed E-state index contributed by atoms with van der Waals surface area (Å²) in [4.78, 5) is 23.1. The van der Waals surface area contributed by atoms with Gasteiger partial charge in [-0.05, 0) is 24.3 Å². The summed E-state index contributed by atoms with van der Waals surface area (Å²) in [6.45, 7) is -0.455. The Morgan fingerprint density at radius 1 is 0.870 bits per heavy atom. The van der Waals surface area contributed by atoms with Crippen molar-refractivity contribution in [2.45, 2.75) is 0 Å². The monoisotopic (exact) mass is 323 g/mol. The highest BCUT2D eigenvalue weighted by Gasteiger charge is 2.10. The molecule has 0 aromatic heterocycles. The Balaban J connectivity index is 1.84. The summed E-state index contributed by atoms with van der Waals surface area (Å²) in [6.07, 6.45) is 0. The summed E-state index contributed by atoms with van der Waals surface area (Å²) in [5.41, 5.74) is -0.261. The summed E-state index contributed by atoms with van der Waals surface area (Å²) >= 11 is 0. The molecule has 0 aliphatic carbocycles. The Bertz CT molecular complexity index is 738. The first-order valence-corrected chi connectivity index (χ1v) is 6.50. The van der Waals surface area contributed by atoms with E-state index in [4.69, 9.17) is 0 Å². The minimum Gasteiger partial charge on any atom is -0.329 e. The third-order valence-electron chi connectivity index (χ3n) is 2.74. The van der Waals surface area contributed by atoms with E-state index in [0.717, 1.165) is 12.1 Å². The Kier molecular flexibility index (Phi) is 5.19. The molecule has 0 saturated heterocycles. The minimum atomic E-state index is -0.948. The fourth-order valence-corrected chi connectivity index (χ4v) is 1.67. The number of nitrogens with one attached hydrogen (secondary N) is 3. The van der Waals surface area contributed by atoms with Gasteiger partial charge < -0.3 is 16.0 Å². The zero-order valence-electron chi connectivity index (χ0n) is 11.7. The molecule has 8 heteroatoms. The Labute approximate surface area is 129 Å². The number of halogens is 3. The van der Waals surface area contributed by atoms with Crippen molar-refractivity contribution in [1.29, 1.82) is 0 Å². The van der Waals surface area contributed by atoms with Crippen LogP contribution in [0.4, 0.5) is 29.3 Å². The molecular formula is C15H12F3N3O2. The van der Waals surface area contributed by atoms with Crippen molar-refractivity contribution in [3.63, 3.8) is 0 Å². The molecule has 120 valence electrons. The molecule has 23 heavy (non-hydrogen) atoms. The number of amides is 3. The van der Waals surface area contributed by atoms with Gasteiger partial charge in [-0.15, -0.1) is 0 Å². The van der Waals surface area contributed by atoms with Crippen molar-refractivity contribution in [2.75, 3.05) is 17.2 Å². The number of rotatable bonds is 4.